The molecule has 0 aliphatic rings. The summed E-state index contributed by atoms with van der Waals surface area (Å²) in [5.74, 6) is -2.45. The van der Waals surface area contributed by atoms with E-state index in [1.807, 2.05) is 0 Å². The number of hydrogen-bond acceptors (Lipinski definition) is 2. The molecular weight excluding hydrogens is 452 g/mol. The Balaban J connectivity index is -0.000000229. The first kappa shape index (κ1) is 36.5. The van der Waals surface area contributed by atoms with Crippen LogP contribution >= 0.6 is 0 Å². The van der Waals surface area contributed by atoms with E-state index >= 15 is 0 Å². The lowest BCUT2D eigenvalue weighted by Gasteiger charge is -2.37. The second-order valence-corrected chi connectivity index (χ2v) is 6.02. The van der Waals surface area contributed by atoms with Crippen molar-refractivity contribution >= 4 is 0 Å². The quantitative estimate of drug-likeness (QED) is 0.400. The second kappa shape index (κ2) is 17.7. The summed E-state index contributed by atoms with van der Waals surface area (Å²) >= 11 is 0. The predicted octanol–water partition coefficient (Wildman–Crippen LogP) is 7.05. The number of halogens is 12. The van der Waals surface area contributed by atoms with E-state index in [1.165, 1.54) is 19.8 Å². The highest BCUT2D eigenvalue weighted by molar-refractivity contribution is 4.97. The molecule has 14 heteroatoms. The smallest absolute Gasteiger partial charge is 0.396 e. The molecule has 0 aliphatic heterocycles. The highest BCUT2D eigenvalue weighted by Gasteiger charge is 2.72. The van der Waals surface area contributed by atoms with Crippen molar-refractivity contribution in [2.75, 3.05) is 6.61 Å². The Morgan fingerprint density at radius 3 is 1.10 bits per heavy atom. The lowest BCUT2D eigenvalue weighted by Crippen LogP contribution is -2.61. The molecule has 0 fully saturated rings. The van der Waals surface area contributed by atoms with Gasteiger partial charge in [-0.25, -0.2) is 0 Å². The summed E-state index contributed by atoms with van der Waals surface area (Å²) in [5, 5.41) is 17.7. The summed E-state index contributed by atoms with van der Waals surface area (Å²) < 4.78 is 133. The third-order valence-corrected chi connectivity index (χ3v) is 3.48. The molecule has 0 aromatic carbocycles. The largest absolute Gasteiger partial charge is 0.426 e. The van der Waals surface area contributed by atoms with Gasteiger partial charge >= 0.3 is 25.7 Å². The minimum absolute atomic E-state index is 0.0356. The first-order valence-electron chi connectivity index (χ1n) is 8.57. The molecule has 0 aliphatic carbocycles. The maximum Gasteiger partial charge on any atom is 0.426 e. The van der Waals surface area contributed by atoms with Crippen LogP contribution in [0.4, 0.5) is 52.7 Å². The average Bonchev–Trinajstić information content (AvgIpc) is 2.55. The van der Waals surface area contributed by atoms with Crippen LogP contribution in [0.1, 0.15) is 53.4 Å². The fourth-order valence-corrected chi connectivity index (χ4v) is 1.55. The van der Waals surface area contributed by atoms with Crippen molar-refractivity contribution in [3.05, 3.63) is 0 Å². The van der Waals surface area contributed by atoms with Gasteiger partial charge in [-0.15, -0.1) is 0 Å². The number of hydrogen-bond donors (Lipinski definition) is 2. The number of rotatable bonds is 6. The number of alkyl halides is 12. The van der Waals surface area contributed by atoms with Crippen molar-refractivity contribution in [3.63, 3.8) is 0 Å². The molecule has 2 N–H and O–H groups in total. The van der Waals surface area contributed by atoms with E-state index < -0.39 is 49.6 Å². The van der Waals surface area contributed by atoms with Gasteiger partial charge in [0.1, 0.15) is 0 Å². The van der Waals surface area contributed by atoms with Gasteiger partial charge in [-0.2, -0.15) is 52.7 Å². The van der Waals surface area contributed by atoms with E-state index in [0.29, 0.717) is 6.92 Å². The Morgan fingerprint density at radius 1 is 0.667 bits per heavy atom. The van der Waals surface area contributed by atoms with Gasteiger partial charge in [0.25, 0.3) is 5.60 Å². The molecule has 0 spiro atoms. The molecule has 0 amide bonds. The van der Waals surface area contributed by atoms with Gasteiger partial charge in [0.15, 0.2) is 0 Å². The van der Waals surface area contributed by atoms with Crippen molar-refractivity contribution in [2.45, 2.75) is 84.7 Å². The molecule has 30 heavy (non-hydrogen) atoms. The molecule has 0 radical (unpaired) electrons. The summed E-state index contributed by atoms with van der Waals surface area (Å²) in [4.78, 5) is 0. The van der Waals surface area contributed by atoms with Crippen LogP contribution in [0.5, 0.6) is 0 Å². The minimum atomic E-state index is -5.78. The van der Waals surface area contributed by atoms with Crippen LogP contribution < -0.4 is 0 Å². The Morgan fingerprint density at radius 2 is 0.933 bits per heavy atom. The molecule has 0 aromatic heterocycles. The third-order valence-electron chi connectivity index (χ3n) is 3.48. The predicted molar refractivity (Wildman–Crippen MR) is 86.5 cm³/mol. The molecule has 0 aromatic rings. The monoisotopic (exact) mass is 480 g/mol. The van der Waals surface area contributed by atoms with E-state index in [-0.39, 0.29) is 13.0 Å². The van der Waals surface area contributed by atoms with Crippen molar-refractivity contribution in [1.82, 2.24) is 0 Å². The van der Waals surface area contributed by atoms with Gasteiger partial charge < -0.3 is 10.2 Å². The van der Waals surface area contributed by atoms with Gasteiger partial charge in [-0.3, -0.25) is 0 Å². The van der Waals surface area contributed by atoms with Crippen LogP contribution in [0.2, 0.25) is 0 Å². The van der Waals surface area contributed by atoms with Crippen molar-refractivity contribution < 1.29 is 62.9 Å². The SMILES string of the molecule is CC(CO)CCC(C)C(O)(C(F)(F)F)C(F)(F)F.CCCC.FC(F)F.FC(F)F. The van der Waals surface area contributed by atoms with E-state index in [2.05, 4.69) is 13.8 Å². The highest BCUT2D eigenvalue weighted by atomic mass is 19.4. The molecule has 0 saturated heterocycles. The average molecular weight is 480 g/mol. The molecule has 0 bridgehead atoms. The van der Waals surface area contributed by atoms with Crippen LogP contribution in [-0.4, -0.2) is 48.1 Å². The third kappa shape index (κ3) is 19.1. The van der Waals surface area contributed by atoms with Crippen LogP contribution in [0.25, 0.3) is 0 Å². The van der Waals surface area contributed by atoms with Crippen LogP contribution in [0, 0.1) is 11.8 Å². The summed E-state index contributed by atoms with van der Waals surface area (Å²) in [6.07, 6.45) is -9.45. The first-order chi connectivity index (χ1) is 13.3. The molecular formula is C16H28F12O2. The number of aliphatic hydroxyl groups is 2. The Kier molecular flexibility index (Phi) is 21.5. The van der Waals surface area contributed by atoms with E-state index in [0.717, 1.165) is 0 Å². The zero-order valence-corrected chi connectivity index (χ0v) is 16.8. The van der Waals surface area contributed by atoms with Gasteiger partial charge in [0.2, 0.25) is 0 Å². The molecule has 0 saturated carbocycles. The van der Waals surface area contributed by atoms with Crippen molar-refractivity contribution in [2.24, 2.45) is 11.8 Å². The van der Waals surface area contributed by atoms with Gasteiger partial charge in [0.05, 0.1) is 0 Å². The first-order valence-corrected chi connectivity index (χ1v) is 8.57. The number of unbranched alkanes of at least 4 members (excludes halogenated alkanes) is 1. The van der Waals surface area contributed by atoms with Crippen molar-refractivity contribution in [1.29, 1.82) is 0 Å². The highest BCUT2D eigenvalue weighted by Crippen LogP contribution is 2.48. The topological polar surface area (TPSA) is 40.5 Å². The maximum absolute atomic E-state index is 12.4. The van der Waals surface area contributed by atoms with Gasteiger partial charge in [0, 0.05) is 12.5 Å². The molecule has 2 unspecified atom stereocenters. The summed E-state index contributed by atoms with van der Waals surface area (Å²) in [6.45, 7) is -1.11. The fraction of sp³-hybridized carbons (Fsp3) is 1.00. The van der Waals surface area contributed by atoms with E-state index in [4.69, 9.17) is 10.2 Å². The second-order valence-electron chi connectivity index (χ2n) is 6.02. The van der Waals surface area contributed by atoms with Crippen LogP contribution in [0.3, 0.4) is 0 Å². The fourth-order valence-electron chi connectivity index (χ4n) is 1.55. The Bertz CT molecular complexity index is 345. The van der Waals surface area contributed by atoms with Gasteiger partial charge in [-0.1, -0.05) is 40.5 Å². The zero-order chi connectivity index (χ0) is 25.3. The Labute approximate surface area is 167 Å². The molecule has 0 heterocycles. The normalized spacial score (nSPS) is 14.0. The lowest BCUT2D eigenvalue weighted by molar-refractivity contribution is -0.384. The molecule has 188 valence electrons. The van der Waals surface area contributed by atoms with Crippen LogP contribution in [0.15, 0.2) is 0 Å². The lowest BCUT2D eigenvalue weighted by atomic mass is 9.82. The summed E-state index contributed by atoms with van der Waals surface area (Å²) in [5.41, 5.74) is -4.71. The van der Waals surface area contributed by atoms with Crippen molar-refractivity contribution in [3.8, 4) is 0 Å². The van der Waals surface area contributed by atoms with Crippen LogP contribution in [-0.2, 0) is 0 Å². The summed E-state index contributed by atoms with van der Waals surface area (Å²) in [7, 11) is 0. The summed E-state index contributed by atoms with van der Waals surface area (Å²) in [6, 6.07) is 0. The Hall–Kier alpha value is -0.920. The maximum atomic E-state index is 12.4. The van der Waals surface area contributed by atoms with E-state index in [9.17, 15) is 52.7 Å². The minimum Gasteiger partial charge on any atom is -0.396 e. The molecule has 2 atom stereocenters. The number of aliphatic hydroxyl groups excluding tert-OH is 1. The molecule has 2 nitrogen and oxygen atoms in total. The molecule has 0 rings (SSSR count). The van der Waals surface area contributed by atoms with E-state index in [1.54, 1.807) is 0 Å². The van der Waals surface area contributed by atoms with Gasteiger partial charge in [-0.05, 0) is 18.8 Å². The standard InChI is InChI=1S/C10H16F6O2.C4H10.2CHF3/c1-6(5-17)3-4-7(2)8(18,9(11,12)13)10(14,15)16;1-3-4-2;2*2-1(3)4/h6-7,17-18H,3-5H2,1-2H3;3-4H2,1-2H3;2*1H. The zero-order valence-electron chi connectivity index (χ0n) is 16.8.